The minimum absolute atomic E-state index is 0.0214. The summed E-state index contributed by atoms with van der Waals surface area (Å²) in [7, 11) is 3.17. The van der Waals surface area contributed by atoms with Crippen molar-refractivity contribution in [2.24, 2.45) is 0 Å². The van der Waals surface area contributed by atoms with Gasteiger partial charge in [0.1, 0.15) is 11.4 Å². The van der Waals surface area contributed by atoms with E-state index in [4.69, 9.17) is 9.47 Å². The van der Waals surface area contributed by atoms with E-state index < -0.39 is 23.2 Å². The van der Waals surface area contributed by atoms with Crippen LogP contribution in [0.1, 0.15) is 27.8 Å². The lowest BCUT2D eigenvalue weighted by Crippen LogP contribution is -2.37. The number of aromatic amines is 2. The zero-order valence-corrected chi connectivity index (χ0v) is 17.3. The second-order valence-electron chi connectivity index (χ2n) is 7.74. The van der Waals surface area contributed by atoms with Crippen LogP contribution in [0.3, 0.4) is 0 Å². The van der Waals surface area contributed by atoms with E-state index in [9.17, 15) is 18.4 Å². The fourth-order valence-corrected chi connectivity index (χ4v) is 4.23. The van der Waals surface area contributed by atoms with Crippen LogP contribution in [0.4, 0.5) is 8.78 Å². The molecule has 0 radical (unpaired) electrons. The van der Waals surface area contributed by atoms with E-state index >= 15 is 0 Å². The Labute approximate surface area is 180 Å². The number of carbonyl (C=O) groups excluding carboxylic acids is 1. The SMILES string of the molecule is COc1ccc2[nH]c(C(=O)N(C)C3COCc4[nH]c(=O)c5cc(F)c(F)cc5c43)cc2c1. The molecule has 0 spiro atoms. The molecule has 5 rings (SSSR count). The van der Waals surface area contributed by atoms with Crippen molar-refractivity contribution >= 4 is 27.6 Å². The van der Waals surface area contributed by atoms with E-state index in [2.05, 4.69) is 9.97 Å². The van der Waals surface area contributed by atoms with Gasteiger partial charge in [0.25, 0.3) is 11.5 Å². The zero-order valence-electron chi connectivity index (χ0n) is 17.3. The Balaban J connectivity index is 1.59. The van der Waals surface area contributed by atoms with Gasteiger partial charge in [-0.05, 0) is 41.8 Å². The number of likely N-dealkylation sites (N-methyl/N-ethyl adjacent to an activating group) is 1. The number of benzene rings is 2. The minimum atomic E-state index is -1.11. The second kappa shape index (κ2) is 7.45. The largest absolute Gasteiger partial charge is 0.497 e. The summed E-state index contributed by atoms with van der Waals surface area (Å²) >= 11 is 0. The van der Waals surface area contributed by atoms with E-state index in [0.29, 0.717) is 22.7 Å². The van der Waals surface area contributed by atoms with Crippen molar-refractivity contribution in [2.75, 3.05) is 20.8 Å². The highest BCUT2D eigenvalue weighted by atomic mass is 19.2. The summed E-state index contributed by atoms with van der Waals surface area (Å²) in [6.07, 6.45) is 0. The third-order valence-electron chi connectivity index (χ3n) is 5.89. The fraction of sp³-hybridized carbons (Fsp3) is 0.217. The van der Waals surface area contributed by atoms with Crippen LogP contribution in [0.2, 0.25) is 0 Å². The Morgan fingerprint density at radius 3 is 2.62 bits per heavy atom. The summed E-state index contributed by atoms with van der Waals surface area (Å²) in [6.45, 7) is 0.244. The number of rotatable bonds is 3. The summed E-state index contributed by atoms with van der Waals surface area (Å²) < 4.78 is 38.7. The molecule has 1 aliphatic heterocycles. The molecular formula is C23H19F2N3O4. The molecule has 0 saturated carbocycles. The molecule has 9 heteroatoms. The lowest BCUT2D eigenvalue weighted by atomic mass is 9.95. The molecule has 2 aromatic heterocycles. The van der Waals surface area contributed by atoms with Crippen molar-refractivity contribution in [1.29, 1.82) is 0 Å². The van der Waals surface area contributed by atoms with Crippen molar-refractivity contribution in [1.82, 2.24) is 14.9 Å². The number of amides is 1. The van der Waals surface area contributed by atoms with Crippen molar-refractivity contribution in [3.63, 3.8) is 0 Å². The number of ether oxygens (including phenoxy) is 2. The van der Waals surface area contributed by atoms with Crippen LogP contribution in [0, 0.1) is 11.6 Å². The Morgan fingerprint density at radius 2 is 1.88 bits per heavy atom. The van der Waals surface area contributed by atoms with Gasteiger partial charge in [-0.2, -0.15) is 0 Å². The van der Waals surface area contributed by atoms with Gasteiger partial charge >= 0.3 is 0 Å². The van der Waals surface area contributed by atoms with Crippen LogP contribution in [0.15, 0.2) is 41.2 Å². The first-order chi connectivity index (χ1) is 15.4. The lowest BCUT2D eigenvalue weighted by molar-refractivity contribution is 0.0333. The standard InChI is InChI=1S/C23H19F2N3O4/c1-28(23(30)18-6-11-5-12(31-2)3-4-17(11)26-18)20-10-32-9-19-21(20)13-7-15(24)16(25)8-14(13)22(29)27-19/h3-8,20,26H,9-10H2,1-2H3,(H,27,29). The first-order valence-corrected chi connectivity index (χ1v) is 9.93. The third kappa shape index (κ3) is 3.13. The topological polar surface area (TPSA) is 87.4 Å². The zero-order chi connectivity index (χ0) is 22.6. The number of aromatic nitrogens is 2. The summed E-state index contributed by atoms with van der Waals surface area (Å²) in [5, 5.41) is 1.10. The molecule has 2 N–H and O–H groups in total. The van der Waals surface area contributed by atoms with Gasteiger partial charge in [0.05, 0.1) is 31.8 Å². The molecule has 1 amide bonds. The average Bonchev–Trinajstić information content (AvgIpc) is 3.22. The van der Waals surface area contributed by atoms with Gasteiger partial charge in [0.2, 0.25) is 0 Å². The van der Waals surface area contributed by atoms with Crippen molar-refractivity contribution in [3.8, 4) is 5.75 Å². The molecule has 0 saturated heterocycles. The highest BCUT2D eigenvalue weighted by Gasteiger charge is 2.32. The molecule has 1 aliphatic rings. The average molecular weight is 439 g/mol. The van der Waals surface area contributed by atoms with Crippen molar-refractivity contribution in [2.45, 2.75) is 12.6 Å². The van der Waals surface area contributed by atoms with Crippen LogP contribution in [-0.4, -0.2) is 41.5 Å². The number of halogens is 2. The van der Waals surface area contributed by atoms with Crippen LogP contribution < -0.4 is 10.3 Å². The van der Waals surface area contributed by atoms with Gasteiger partial charge in [-0.1, -0.05) is 0 Å². The van der Waals surface area contributed by atoms with Gasteiger partial charge in [0.15, 0.2) is 11.6 Å². The van der Waals surface area contributed by atoms with E-state index in [0.717, 1.165) is 23.0 Å². The number of nitrogens with zero attached hydrogens (tertiary/aromatic N) is 1. The van der Waals surface area contributed by atoms with E-state index in [1.54, 1.807) is 26.3 Å². The molecule has 2 aromatic carbocycles. The summed E-state index contributed by atoms with van der Waals surface area (Å²) in [4.78, 5) is 33.0. The molecule has 0 aliphatic carbocycles. The molecular weight excluding hydrogens is 420 g/mol. The number of fused-ring (bicyclic) bond motifs is 4. The molecule has 164 valence electrons. The van der Waals surface area contributed by atoms with Crippen LogP contribution in [0.25, 0.3) is 21.7 Å². The van der Waals surface area contributed by atoms with Crippen molar-refractivity contribution < 1.29 is 23.0 Å². The molecule has 4 aromatic rings. The molecule has 0 fully saturated rings. The van der Waals surface area contributed by atoms with Gasteiger partial charge in [-0.25, -0.2) is 8.78 Å². The van der Waals surface area contributed by atoms with Gasteiger partial charge in [0, 0.05) is 29.2 Å². The normalized spacial score (nSPS) is 15.7. The number of carbonyl (C=O) groups is 1. The maximum Gasteiger partial charge on any atom is 0.270 e. The highest BCUT2D eigenvalue weighted by Crippen LogP contribution is 2.34. The number of nitrogens with one attached hydrogen (secondary N) is 2. The monoisotopic (exact) mass is 439 g/mol. The Kier molecular flexibility index (Phi) is 4.70. The van der Waals surface area contributed by atoms with Gasteiger partial charge < -0.3 is 24.3 Å². The molecule has 1 atom stereocenters. The van der Waals surface area contributed by atoms with Gasteiger partial charge in [-0.15, -0.1) is 0 Å². The lowest BCUT2D eigenvalue weighted by Gasteiger charge is -2.33. The van der Waals surface area contributed by atoms with Crippen LogP contribution in [0.5, 0.6) is 5.75 Å². The van der Waals surface area contributed by atoms with E-state index in [-0.39, 0.29) is 29.9 Å². The third-order valence-corrected chi connectivity index (χ3v) is 5.89. The fourth-order valence-electron chi connectivity index (χ4n) is 4.23. The highest BCUT2D eigenvalue weighted by molar-refractivity contribution is 5.99. The van der Waals surface area contributed by atoms with Crippen LogP contribution >= 0.6 is 0 Å². The van der Waals surface area contributed by atoms with Crippen molar-refractivity contribution in [3.05, 3.63) is 75.3 Å². The first-order valence-electron chi connectivity index (χ1n) is 9.93. The summed E-state index contributed by atoms with van der Waals surface area (Å²) in [5.41, 5.74) is 1.56. The summed E-state index contributed by atoms with van der Waals surface area (Å²) in [5.74, 6) is -1.81. The molecule has 3 heterocycles. The van der Waals surface area contributed by atoms with Gasteiger partial charge in [-0.3, -0.25) is 9.59 Å². The Hall–Kier alpha value is -3.72. The number of H-pyrrole nitrogens is 2. The Morgan fingerprint density at radius 1 is 1.12 bits per heavy atom. The molecule has 7 nitrogen and oxygen atoms in total. The second-order valence-corrected chi connectivity index (χ2v) is 7.74. The van der Waals surface area contributed by atoms with E-state index in [1.165, 1.54) is 4.90 Å². The quantitative estimate of drug-likeness (QED) is 0.510. The van der Waals surface area contributed by atoms with E-state index in [1.807, 2.05) is 12.1 Å². The number of methoxy groups -OCH3 is 1. The van der Waals surface area contributed by atoms with Crippen LogP contribution in [-0.2, 0) is 11.3 Å². The predicted molar refractivity (Wildman–Crippen MR) is 114 cm³/mol. The first kappa shape index (κ1) is 20.2. The molecule has 0 bridgehead atoms. The molecule has 1 unspecified atom stereocenters. The number of pyridine rings is 1. The smallest absolute Gasteiger partial charge is 0.270 e. The summed E-state index contributed by atoms with van der Waals surface area (Å²) in [6, 6.07) is 8.42. The number of hydrogen-bond acceptors (Lipinski definition) is 4. The minimum Gasteiger partial charge on any atom is -0.497 e. The maximum atomic E-state index is 14.1. The Bertz CT molecular complexity index is 1440. The maximum absolute atomic E-state index is 14.1. The predicted octanol–water partition coefficient (Wildman–Crippen LogP) is 3.64. The molecule has 32 heavy (non-hydrogen) atoms. The number of hydrogen-bond donors (Lipinski definition) is 2.